The van der Waals surface area contributed by atoms with Crippen molar-refractivity contribution in [2.75, 3.05) is 6.54 Å². The molecule has 6 heteroatoms. The van der Waals surface area contributed by atoms with Crippen LogP contribution in [0.4, 0.5) is 13.2 Å². The molecule has 0 aliphatic carbocycles. The standard InChI is InChI=1S/C3H6F3NO.ClH/c4-3(5,6)2(8)1-7;/h2,8H,1,7H2;1H/t2-;/m1./s1. The fourth-order valence-corrected chi connectivity index (χ4v) is 0.134. The highest BCUT2D eigenvalue weighted by Crippen LogP contribution is 2.18. The van der Waals surface area contributed by atoms with E-state index in [1.807, 2.05) is 0 Å². The minimum atomic E-state index is -4.56. The summed E-state index contributed by atoms with van der Waals surface area (Å²) in [6.07, 6.45) is -6.93. The summed E-state index contributed by atoms with van der Waals surface area (Å²) in [7, 11) is 0. The maximum atomic E-state index is 11.1. The van der Waals surface area contributed by atoms with Crippen molar-refractivity contribution in [3.05, 3.63) is 0 Å². The van der Waals surface area contributed by atoms with Gasteiger partial charge in [-0.15, -0.1) is 12.4 Å². The third-order valence-electron chi connectivity index (χ3n) is 0.601. The Hall–Kier alpha value is -0.0000000000000000555. The van der Waals surface area contributed by atoms with Crippen LogP contribution in [-0.2, 0) is 0 Å². The van der Waals surface area contributed by atoms with Gasteiger partial charge in [0.15, 0.2) is 6.10 Å². The molecule has 0 saturated heterocycles. The molecule has 0 bridgehead atoms. The van der Waals surface area contributed by atoms with Crippen LogP contribution in [0.1, 0.15) is 0 Å². The molecule has 58 valence electrons. The quantitative estimate of drug-likeness (QED) is 0.587. The van der Waals surface area contributed by atoms with E-state index in [1.54, 1.807) is 0 Å². The summed E-state index contributed by atoms with van der Waals surface area (Å²) in [6, 6.07) is 0. The van der Waals surface area contributed by atoms with E-state index in [9.17, 15) is 13.2 Å². The summed E-state index contributed by atoms with van der Waals surface area (Å²) < 4.78 is 33.4. The zero-order valence-corrected chi connectivity index (χ0v) is 5.17. The number of halogens is 4. The molecule has 0 radical (unpaired) electrons. The van der Waals surface area contributed by atoms with Crippen molar-refractivity contribution in [2.24, 2.45) is 5.73 Å². The smallest absolute Gasteiger partial charge is 0.382 e. The van der Waals surface area contributed by atoms with E-state index in [1.165, 1.54) is 0 Å². The molecule has 3 N–H and O–H groups in total. The van der Waals surface area contributed by atoms with E-state index in [2.05, 4.69) is 5.73 Å². The predicted octanol–water partition coefficient (Wildman–Crippen LogP) is 0.290. The second-order valence-electron chi connectivity index (χ2n) is 1.29. The van der Waals surface area contributed by atoms with E-state index < -0.39 is 18.8 Å². The maximum Gasteiger partial charge on any atom is 0.415 e. The maximum absolute atomic E-state index is 11.1. The normalized spacial score (nSPS) is 14.3. The zero-order valence-electron chi connectivity index (χ0n) is 4.35. The number of alkyl halides is 3. The van der Waals surface area contributed by atoms with E-state index >= 15 is 0 Å². The van der Waals surface area contributed by atoms with Gasteiger partial charge in [0.25, 0.3) is 0 Å². The summed E-state index contributed by atoms with van der Waals surface area (Å²) >= 11 is 0. The molecule has 0 fully saturated rings. The van der Waals surface area contributed by atoms with Crippen LogP contribution in [0.3, 0.4) is 0 Å². The third kappa shape index (κ3) is 4.50. The Balaban J connectivity index is 0. The van der Waals surface area contributed by atoms with E-state index in [4.69, 9.17) is 5.11 Å². The number of aliphatic hydroxyl groups is 1. The summed E-state index contributed by atoms with van der Waals surface area (Å²) in [4.78, 5) is 0. The molecule has 0 aliphatic rings. The second kappa shape index (κ2) is 3.92. The van der Waals surface area contributed by atoms with Crippen LogP contribution in [0.2, 0.25) is 0 Å². The van der Waals surface area contributed by atoms with Gasteiger partial charge in [-0.25, -0.2) is 0 Å². The molecular weight excluding hydrogens is 158 g/mol. The van der Waals surface area contributed by atoms with Crippen LogP contribution in [0.15, 0.2) is 0 Å². The minimum Gasteiger partial charge on any atom is -0.382 e. The Bertz CT molecular complexity index is 75.9. The Morgan fingerprint density at radius 3 is 1.78 bits per heavy atom. The first kappa shape index (κ1) is 11.8. The van der Waals surface area contributed by atoms with Crippen molar-refractivity contribution in [1.29, 1.82) is 0 Å². The van der Waals surface area contributed by atoms with E-state index in [0.29, 0.717) is 0 Å². The first-order valence-electron chi connectivity index (χ1n) is 1.93. The van der Waals surface area contributed by atoms with E-state index in [0.717, 1.165) is 0 Å². The highest BCUT2D eigenvalue weighted by atomic mass is 35.5. The van der Waals surface area contributed by atoms with Crippen molar-refractivity contribution < 1.29 is 18.3 Å². The van der Waals surface area contributed by atoms with Crippen LogP contribution in [0.25, 0.3) is 0 Å². The van der Waals surface area contributed by atoms with Crippen molar-refractivity contribution in [3.63, 3.8) is 0 Å². The number of aliphatic hydroxyl groups excluding tert-OH is 1. The molecular formula is C3H7ClF3NO. The Labute approximate surface area is 56.3 Å². The third-order valence-corrected chi connectivity index (χ3v) is 0.601. The molecule has 0 aliphatic heterocycles. The van der Waals surface area contributed by atoms with Gasteiger partial charge in [0, 0.05) is 6.54 Å². The van der Waals surface area contributed by atoms with Gasteiger partial charge < -0.3 is 10.8 Å². The average molecular weight is 166 g/mol. The van der Waals surface area contributed by atoms with Crippen molar-refractivity contribution >= 4 is 12.4 Å². The van der Waals surface area contributed by atoms with Crippen LogP contribution in [0, 0.1) is 0 Å². The number of hydrogen-bond acceptors (Lipinski definition) is 2. The van der Waals surface area contributed by atoms with Crippen LogP contribution < -0.4 is 5.73 Å². The van der Waals surface area contributed by atoms with Gasteiger partial charge in [-0.2, -0.15) is 13.2 Å². The van der Waals surface area contributed by atoms with Crippen LogP contribution >= 0.6 is 12.4 Å². The first-order chi connectivity index (χ1) is 3.48. The number of rotatable bonds is 1. The van der Waals surface area contributed by atoms with Gasteiger partial charge in [0.05, 0.1) is 0 Å². The summed E-state index contributed by atoms with van der Waals surface area (Å²) in [5.41, 5.74) is 4.49. The van der Waals surface area contributed by atoms with E-state index in [-0.39, 0.29) is 12.4 Å². The van der Waals surface area contributed by atoms with Crippen molar-refractivity contribution in [1.82, 2.24) is 0 Å². The SMILES string of the molecule is Cl.NC[C@@H](O)C(F)(F)F. The minimum absolute atomic E-state index is 0. The monoisotopic (exact) mass is 165 g/mol. The molecule has 0 amide bonds. The van der Waals surface area contributed by atoms with Crippen molar-refractivity contribution in [3.8, 4) is 0 Å². The Kier molecular flexibility index (Phi) is 5.12. The average Bonchev–Trinajstić information content (AvgIpc) is 1.62. The van der Waals surface area contributed by atoms with Crippen molar-refractivity contribution in [2.45, 2.75) is 12.3 Å². The molecule has 0 aromatic heterocycles. The summed E-state index contributed by atoms with van der Waals surface area (Å²) in [6.45, 7) is -0.774. The molecule has 0 aromatic carbocycles. The molecule has 0 aromatic rings. The lowest BCUT2D eigenvalue weighted by atomic mass is 10.4. The largest absolute Gasteiger partial charge is 0.415 e. The molecule has 0 heterocycles. The second-order valence-corrected chi connectivity index (χ2v) is 1.29. The van der Waals surface area contributed by atoms with Gasteiger partial charge in [-0.05, 0) is 0 Å². The molecule has 9 heavy (non-hydrogen) atoms. The fourth-order valence-electron chi connectivity index (χ4n) is 0.134. The van der Waals surface area contributed by atoms with Crippen LogP contribution in [0.5, 0.6) is 0 Å². The predicted molar refractivity (Wildman–Crippen MR) is 28.4 cm³/mol. The highest BCUT2D eigenvalue weighted by molar-refractivity contribution is 5.85. The van der Waals surface area contributed by atoms with Gasteiger partial charge in [-0.1, -0.05) is 0 Å². The molecule has 0 spiro atoms. The molecule has 0 unspecified atom stereocenters. The molecule has 0 rings (SSSR count). The first-order valence-corrected chi connectivity index (χ1v) is 1.93. The highest BCUT2D eigenvalue weighted by Gasteiger charge is 2.36. The lowest BCUT2D eigenvalue weighted by molar-refractivity contribution is -0.200. The fraction of sp³-hybridized carbons (Fsp3) is 1.00. The number of nitrogens with two attached hydrogens (primary N) is 1. The summed E-state index contributed by atoms with van der Waals surface area (Å²) in [5.74, 6) is 0. The van der Waals surface area contributed by atoms with Crippen LogP contribution in [-0.4, -0.2) is 23.9 Å². The summed E-state index contributed by atoms with van der Waals surface area (Å²) in [5, 5.41) is 7.94. The molecule has 2 nitrogen and oxygen atoms in total. The van der Waals surface area contributed by atoms with Gasteiger partial charge in [0.2, 0.25) is 0 Å². The Morgan fingerprint density at radius 1 is 1.44 bits per heavy atom. The lowest BCUT2D eigenvalue weighted by Crippen LogP contribution is -2.35. The van der Waals surface area contributed by atoms with Gasteiger partial charge in [-0.3, -0.25) is 0 Å². The van der Waals surface area contributed by atoms with Gasteiger partial charge >= 0.3 is 6.18 Å². The topological polar surface area (TPSA) is 46.2 Å². The lowest BCUT2D eigenvalue weighted by Gasteiger charge is -2.10. The zero-order chi connectivity index (χ0) is 6.78. The number of hydrogen-bond donors (Lipinski definition) is 2. The Morgan fingerprint density at radius 2 is 1.78 bits per heavy atom. The molecule has 1 atom stereocenters. The van der Waals surface area contributed by atoms with Gasteiger partial charge in [0.1, 0.15) is 0 Å². The molecule has 0 saturated carbocycles.